The summed E-state index contributed by atoms with van der Waals surface area (Å²) >= 11 is 0. The molecule has 0 bridgehead atoms. The smallest absolute Gasteiger partial charge is 0.277 e. The number of nitrogens with zero attached hydrogens (tertiary/aromatic N) is 3. The predicted molar refractivity (Wildman–Crippen MR) is 74.0 cm³/mol. The molecule has 0 aliphatic heterocycles. The Morgan fingerprint density at radius 3 is 2.85 bits per heavy atom. The fraction of sp³-hybridized carbons (Fsp3) is 0.0769. The van der Waals surface area contributed by atoms with Crippen LogP contribution in [0.15, 0.2) is 36.7 Å². The number of carbonyl (C=O) groups is 1. The molecular weight excluding hydrogens is 256 g/mol. The average Bonchev–Trinajstić information content (AvgIpc) is 2.89. The van der Waals surface area contributed by atoms with Gasteiger partial charge in [-0.1, -0.05) is 11.6 Å². The van der Waals surface area contributed by atoms with Gasteiger partial charge in [0.2, 0.25) is 5.95 Å². The molecule has 2 aromatic heterocycles. The quantitative estimate of drug-likeness (QED) is 0.624. The van der Waals surface area contributed by atoms with Crippen molar-refractivity contribution < 1.29 is 4.79 Å². The van der Waals surface area contributed by atoms with Crippen molar-refractivity contribution >= 4 is 22.8 Å². The summed E-state index contributed by atoms with van der Waals surface area (Å²) < 4.78 is 0. The van der Waals surface area contributed by atoms with Crippen LogP contribution in [0.1, 0.15) is 16.1 Å². The lowest BCUT2D eigenvalue weighted by Crippen LogP contribution is -2.30. The maximum absolute atomic E-state index is 12.1. The van der Waals surface area contributed by atoms with Crippen LogP contribution in [-0.2, 0) is 0 Å². The molecule has 0 unspecified atom stereocenters. The van der Waals surface area contributed by atoms with Crippen LogP contribution in [0.4, 0.5) is 5.95 Å². The van der Waals surface area contributed by atoms with Gasteiger partial charge < -0.3 is 0 Å². The number of anilines is 1. The van der Waals surface area contributed by atoms with Gasteiger partial charge >= 0.3 is 0 Å². The van der Waals surface area contributed by atoms with Gasteiger partial charge in [0.25, 0.3) is 5.91 Å². The zero-order chi connectivity index (χ0) is 13.9. The van der Waals surface area contributed by atoms with Crippen molar-refractivity contribution in [2.45, 2.75) is 6.92 Å². The second-order valence-corrected chi connectivity index (χ2v) is 4.27. The number of benzene rings is 1. The largest absolute Gasteiger partial charge is 0.290 e. The third kappa shape index (κ3) is 2.28. The molecule has 0 saturated heterocycles. The maximum Gasteiger partial charge on any atom is 0.290 e. The number of aromatic amines is 1. The molecule has 0 fully saturated rings. The summed E-state index contributed by atoms with van der Waals surface area (Å²) in [6.45, 7) is 1.96. The second kappa shape index (κ2) is 4.96. The fourth-order valence-electron chi connectivity index (χ4n) is 1.84. The van der Waals surface area contributed by atoms with Crippen LogP contribution < -0.4 is 10.9 Å². The van der Waals surface area contributed by atoms with Crippen LogP contribution in [0.25, 0.3) is 10.9 Å². The van der Waals surface area contributed by atoms with E-state index >= 15 is 0 Å². The van der Waals surface area contributed by atoms with Crippen molar-refractivity contribution in [3.05, 3.63) is 47.9 Å². The van der Waals surface area contributed by atoms with Gasteiger partial charge in [0, 0.05) is 17.8 Å². The van der Waals surface area contributed by atoms with Gasteiger partial charge in [-0.05, 0) is 25.1 Å². The molecule has 0 aliphatic carbocycles. The first-order valence-corrected chi connectivity index (χ1v) is 6.02. The molecule has 0 atom stereocenters. The highest BCUT2D eigenvalue weighted by Crippen LogP contribution is 2.17. The van der Waals surface area contributed by atoms with E-state index in [1.165, 1.54) is 0 Å². The van der Waals surface area contributed by atoms with Crippen molar-refractivity contribution in [1.82, 2.24) is 25.6 Å². The summed E-state index contributed by atoms with van der Waals surface area (Å²) in [7, 11) is 0. The lowest BCUT2D eigenvalue weighted by atomic mass is 10.1. The highest BCUT2D eigenvalue weighted by atomic mass is 16.2. The van der Waals surface area contributed by atoms with Crippen molar-refractivity contribution in [2.24, 2.45) is 0 Å². The number of hydrogen-bond acceptors (Lipinski definition) is 5. The third-order valence-electron chi connectivity index (χ3n) is 2.79. The predicted octanol–water partition coefficient (Wildman–Crippen LogP) is 1.42. The summed E-state index contributed by atoms with van der Waals surface area (Å²) in [5, 5.41) is 7.63. The summed E-state index contributed by atoms with van der Waals surface area (Å²) in [5.74, 6) is -0.0359. The average molecular weight is 268 g/mol. The van der Waals surface area contributed by atoms with Gasteiger partial charge in [-0.15, -0.1) is 0 Å². The number of fused-ring (bicyclic) bond motifs is 1. The van der Waals surface area contributed by atoms with Crippen LogP contribution in [0.3, 0.4) is 0 Å². The molecule has 7 nitrogen and oxygen atoms in total. The van der Waals surface area contributed by atoms with Crippen LogP contribution in [-0.4, -0.2) is 26.1 Å². The molecular formula is C13H12N6O. The molecule has 1 amide bonds. The van der Waals surface area contributed by atoms with Gasteiger partial charge in [0.1, 0.15) is 0 Å². The minimum absolute atomic E-state index is 0.317. The van der Waals surface area contributed by atoms with E-state index in [4.69, 9.17) is 0 Å². The number of hydrogen-bond donors (Lipinski definition) is 3. The Bertz CT molecular complexity index is 752. The Kier molecular flexibility index (Phi) is 3.00. The minimum atomic E-state index is -0.352. The van der Waals surface area contributed by atoms with E-state index in [1.807, 2.05) is 25.1 Å². The van der Waals surface area contributed by atoms with E-state index in [1.54, 1.807) is 18.5 Å². The number of aromatic nitrogens is 4. The molecule has 0 saturated carbocycles. The van der Waals surface area contributed by atoms with Gasteiger partial charge in [0.05, 0.1) is 5.52 Å². The second-order valence-electron chi connectivity index (χ2n) is 4.27. The molecule has 0 spiro atoms. The van der Waals surface area contributed by atoms with Gasteiger partial charge in [-0.3, -0.25) is 20.7 Å². The lowest BCUT2D eigenvalue weighted by Gasteiger charge is -2.04. The Hall–Kier alpha value is -2.96. The first kappa shape index (κ1) is 12.1. The normalized spacial score (nSPS) is 10.4. The fourth-order valence-corrected chi connectivity index (χ4v) is 1.84. The zero-order valence-corrected chi connectivity index (χ0v) is 10.7. The van der Waals surface area contributed by atoms with Crippen molar-refractivity contribution in [3.8, 4) is 0 Å². The lowest BCUT2D eigenvalue weighted by molar-refractivity contribution is 0.0959. The van der Waals surface area contributed by atoms with Crippen LogP contribution >= 0.6 is 0 Å². The molecule has 0 aliphatic rings. The van der Waals surface area contributed by atoms with Crippen molar-refractivity contribution in [2.75, 3.05) is 5.43 Å². The summed E-state index contributed by atoms with van der Waals surface area (Å²) in [5.41, 5.74) is 7.36. The van der Waals surface area contributed by atoms with Crippen LogP contribution in [0, 0.1) is 6.92 Å². The topological polar surface area (TPSA) is 95.6 Å². The van der Waals surface area contributed by atoms with E-state index < -0.39 is 0 Å². The van der Waals surface area contributed by atoms with Crippen molar-refractivity contribution in [1.29, 1.82) is 0 Å². The Morgan fingerprint density at radius 1 is 1.25 bits per heavy atom. The number of nitrogens with one attached hydrogen (secondary N) is 3. The van der Waals surface area contributed by atoms with Gasteiger partial charge in [-0.2, -0.15) is 5.10 Å². The van der Waals surface area contributed by atoms with Crippen LogP contribution in [0.2, 0.25) is 0 Å². The van der Waals surface area contributed by atoms with E-state index in [2.05, 4.69) is 31.0 Å². The molecule has 3 rings (SSSR count). The van der Waals surface area contributed by atoms with Gasteiger partial charge in [0.15, 0.2) is 5.69 Å². The summed E-state index contributed by atoms with van der Waals surface area (Å²) in [4.78, 5) is 20.0. The Labute approximate surface area is 114 Å². The van der Waals surface area contributed by atoms with Crippen LogP contribution in [0.5, 0.6) is 0 Å². The highest BCUT2D eigenvalue weighted by Gasteiger charge is 2.14. The standard InChI is InChI=1S/C13H12N6O/c1-8-3-4-10-9(7-8)11(17-16-10)12(20)18-19-13-14-5-2-6-15-13/h2-7H,1H3,(H,16,17)(H,18,20)(H,14,15,19). The maximum atomic E-state index is 12.1. The SMILES string of the molecule is Cc1ccc2[nH]nc(C(=O)NNc3ncccn3)c2c1. The molecule has 3 aromatic rings. The number of carbonyl (C=O) groups excluding carboxylic acids is 1. The van der Waals surface area contributed by atoms with E-state index in [0.29, 0.717) is 11.6 Å². The molecule has 2 heterocycles. The minimum Gasteiger partial charge on any atom is -0.277 e. The monoisotopic (exact) mass is 268 g/mol. The molecule has 100 valence electrons. The summed E-state index contributed by atoms with van der Waals surface area (Å²) in [6, 6.07) is 7.45. The third-order valence-corrected chi connectivity index (χ3v) is 2.79. The van der Waals surface area contributed by atoms with E-state index in [0.717, 1.165) is 16.5 Å². The number of H-pyrrole nitrogens is 1. The summed E-state index contributed by atoms with van der Waals surface area (Å²) in [6.07, 6.45) is 3.16. The molecule has 0 radical (unpaired) electrons. The highest BCUT2D eigenvalue weighted by molar-refractivity contribution is 6.05. The Morgan fingerprint density at radius 2 is 2.05 bits per heavy atom. The van der Waals surface area contributed by atoms with E-state index in [9.17, 15) is 4.79 Å². The molecule has 3 N–H and O–H groups in total. The molecule has 1 aromatic carbocycles. The van der Waals surface area contributed by atoms with E-state index in [-0.39, 0.29) is 5.91 Å². The number of amides is 1. The zero-order valence-electron chi connectivity index (χ0n) is 10.7. The molecule has 7 heteroatoms. The van der Waals surface area contributed by atoms with Gasteiger partial charge in [-0.25, -0.2) is 9.97 Å². The first-order valence-electron chi connectivity index (χ1n) is 6.02. The number of rotatable bonds is 3. The van der Waals surface area contributed by atoms with Crippen molar-refractivity contribution in [3.63, 3.8) is 0 Å². The Balaban J connectivity index is 1.80. The molecule has 20 heavy (non-hydrogen) atoms. The number of hydrazine groups is 1. The first-order chi connectivity index (χ1) is 9.74. The number of aryl methyl sites for hydroxylation is 1.